The number of hydrogen-bond acceptors (Lipinski definition) is 6. The maximum Gasteiger partial charge on any atom is 0.295 e. The minimum absolute atomic E-state index is 0.0516. The molecule has 172 valence electrons. The van der Waals surface area contributed by atoms with Gasteiger partial charge in [0.25, 0.3) is 11.7 Å². The van der Waals surface area contributed by atoms with E-state index in [2.05, 4.69) is 4.98 Å². The number of ether oxygens (including phenoxy) is 2. The minimum Gasteiger partial charge on any atom is -0.507 e. The number of hydrogen-bond donors (Lipinski definition) is 2. The zero-order valence-electron chi connectivity index (χ0n) is 19.1. The predicted octanol–water partition coefficient (Wildman–Crippen LogP) is 3.17. The van der Waals surface area contributed by atoms with Gasteiger partial charge in [-0.2, -0.15) is 0 Å². The highest BCUT2D eigenvalue weighted by Crippen LogP contribution is 2.42. The molecule has 1 aliphatic rings. The molecule has 1 atom stereocenters. The first-order valence-electron chi connectivity index (χ1n) is 10.6. The lowest BCUT2D eigenvalue weighted by Gasteiger charge is -2.27. The molecule has 2 aromatic carbocycles. The third-order valence-electron chi connectivity index (χ3n) is 5.90. The monoisotopic (exact) mass is 449 g/mol. The van der Waals surface area contributed by atoms with Gasteiger partial charge in [-0.05, 0) is 37.9 Å². The van der Waals surface area contributed by atoms with Crippen LogP contribution in [0.2, 0.25) is 0 Å². The van der Waals surface area contributed by atoms with E-state index in [1.807, 2.05) is 43.3 Å². The van der Waals surface area contributed by atoms with E-state index in [1.165, 1.54) is 19.1 Å². The normalized spacial score (nSPS) is 17.8. The SMILES string of the molecule is COc1ccc(C2C(=C(O)c3c[nH]c4ccccc34)C(=O)C(=O)N2CCN(C)C)cc1OC. The van der Waals surface area contributed by atoms with Gasteiger partial charge in [0, 0.05) is 35.8 Å². The number of aromatic nitrogens is 1. The molecule has 4 rings (SSSR count). The molecule has 0 radical (unpaired) electrons. The molecule has 0 saturated carbocycles. The highest BCUT2D eigenvalue weighted by atomic mass is 16.5. The molecular formula is C25H27N3O5. The number of ketones is 1. The summed E-state index contributed by atoms with van der Waals surface area (Å²) < 4.78 is 10.8. The van der Waals surface area contributed by atoms with Crippen molar-refractivity contribution in [1.29, 1.82) is 0 Å². The van der Waals surface area contributed by atoms with E-state index in [9.17, 15) is 14.7 Å². The molecule has 8 nitrogen and oxygen atoms in total. The summed E-state index contributed by atoms with van der Waals surface area (Å²) >= 11 is 0. The molecule has 33 heavy (non-hydrogen) atoms. The van der Waals surface area contributed by atoms with Gasteiger partial charge in [0.15, 0.2) is 11.5 Å². The summed E-state index contributed by atoms with van der Waals surface area (Å²) in [4.78, 5) is 32.8. The first kappa shape index (κ1) is 22.4. The van der Waals surface area contributed by atoms with Crippen LogP contribution in [0.5, 0.6) is 11.5 Å². The summed E-state index contributed by atoms with van der Waals surface area (Å²) in [5.74, 6) is -0.560. The van der Waals surface area contributed by atoms with Gasteiger partial charge in [-0.3, -0.25) is 9.59 Å². The Morgan fingerprint density at radius 1 is 1.09 bits per heavy atom. The van der Waals surface area contributed by atoms with Crippen molar-refractivity contribution in [3.8, 4) is 11.5 Å². The highest BCUT2D eigenvalue weighted by molar-refractivity contribution is 6.46. The van der Waals surface area contributed by atoms with Crippen molar-refractivity contribution in [2.45, 2.75) is 6.04 Å². The summed E-state index contributed by atoms with van der Waals surface area (Å²) in [6, 6.07) is 12.0. The standard InChI is InChI=1S/C25H27N3O5/c1-27(2)11-12-28-22(15-9-10-19(32-3)20(13-15)33-4)21(24(30)25(28)31)23(29)17-14-26-18-8-6-5-7-16(17)18/h5-10,13-14,22,26,29H,11-12H2,1-4H3. The number of Topliss-reactive ketones (excluding diaryl/α,β-unsaturated/α-hetero) is 1. The summed E-state index contributed by atoms with van der Waals surface area (Å²) in [6.07, 6.45) is 1.65. The molecule has 0 bridgehead atoms. The Bertz CT molecular complexity index is 1240. The number of carbonyl (C=O) groups is 2. The van der Waals surface area contributed by atoms with Crippen LogP contribution < -0.4 is 9.47 Å². The molecule has 0 aliphatic carbocycles. The number of methoxy groups -OCH3 is 2. The van der Waals surface area contributed by atoms with E-state index in [0.29, 0.717) is 35.7 Å². The van der Waals surface area contributed by atoms with Gasteiger partial charge in [-0.15, -0.1) is 0 Å². The van der Waals surface area contributed by atoms with E-state index >= 15 is 0 Å². The van der Waals surface area contributed by atoms with Crippen LogP contribution in [0, 0.1) is 0 Å². The quantitative estimate of drug-likeness (QED) is 0.327. The number of aromatic amines is 1. The first-order valence-corrected chi connectivity index (χ1v) is 10.6. The molecule has 0 spiro atoms. The van der Waals surface area contributed by atoms with Gasteiger partial charge in [-0.1, -0.05) is 24.3 Å². The number of para-hydroxylation sites is 1. The average molecular weight is 450 g/mol. The Morgan fingerprint density at radius 3 is 2.52 bits per heavy atom. The molecular weight excluding hydrogens is 422 g/mol. The van der Waals surface area contributed by atoms with E-state index in [-0.39, 0.29) is 11.3 Å². The van der Waals surface area contributed by atoms with E-state index in [4.69, 9.17) is 9.47 Å². The van der Waals surface area contributed by atoms with Crippen molar-refractivity contribution in [2.24, 2.45) is 0 Å². The maximum absolute atomic E-state index is 13.2. The Morgan fingerprint density at radius 2 is 1.82 bits per heavy atom. The fraction of sp³-hybridized carbons (Fsp3) is 0.280. The Balaban J connectivity index is 1.91. The lowest BCUT2D eigenvalue weighted by molar-refractivity contribution is -0.140. The van der Waals surface area contributed by atoms with Crippen molar-refractivity contribution in [2.75, 3.05) is 41.4 Å². The Hall–Kier alpha value is -3.78. The fourth-order valence-electron chi connectivity index (χ4n) is 4.20. The van der Waals surface area contributed by atoms with Crippen molar-refractivity contribution in [3.63, 3.8) is 0 Å². The molecule has 1 unspecified atom stereocenters. The molecule has 2 N–H and O–H groups in total. The zero-order valence-corrected chi connectivity index (χ0v) is 19.1. The van der Waals surface area contributed by atoms with Gasteiger partial charge in [-0.25, -0.2) is 0 Å². The second kappa shape index (κ2) is 8.99. The molecule has 1 aromatic heterocycles. The average Bonchev–Trinajstić information content (AvgIpc) is 3.36. The smallest absolute Gasteiger partial charge is 0.295 e. The van der Waals surface area contributed by atoms with Crippen LogP contribution in [0.4, 0.5) is 0 Å². The highest BCUT2D eigenvalue weighted by Gasteiger charge is 2.46. The minimum atomic E-state index is -0.765. The van der Waals surface area contributed by atoms with Crippen molar-refractivity contribution < 1.29 is 24.2 Å². The number of amides is 1. The molecule has 3 aromatic rings. The van der Waals surface area contributed by atoms with Crippen LogP contribution in [0.15, 0.2) is 54.2 Å². The summed E-state index contributed by atoms with van der Waals surface area (Å²) in [6.45, 7) is 0.880. The van der Waals surface area contributed by atoms with Gasteiger partial charge >= 0.3 is 0 Å². The number of H-pyrrole nitrogens is 1. The number of aliphatic hydroxyl groups excluding tert-OH is 1. The largest absolute Gasteiger partial charge is 0.507 e. The second-order valence-electron chi connectivity index (χ2n) is 8.16. The predicted molar refractivity (Wildman–Crippen MR) is 125 cm³/mol. The summed E-state index contributed by atoms with van der Waals surface area (Å²) in [5.41, 5.74) is 1.99. The second-order valence-corrected chi connectivity index (χ2v) is 8.16. The van der Waals surface area contributed by atoms with E-state index < -0.39 is 17.7 Å². The van der Waals surface area contributed by atoms with Crippen LogP contribution in [-0.2, 0) is 9.59 Å². The van der Waals surface area contributed by atoms with E-state index in [0.717, 1.165) is 10.9 Å². The lowest BCUT2D eigenvalue weighted by atomic mass is 9.95. The van der Waals surface area contributed by atoms with E-state index in [1.54, 1.807) is 24.4 Å². The summed E-state index contributed by atoms with van der Waals surface area (Å²) in [7, 11) is 6.86. The number of fused-ring (bicyclic) bond motifs is 1. The zero-order chi connectivity index (χ0) is 23.7. The molecule has 1 fully saturated rings. The van der Waals surface area contributed by atoms with Crippen molar-refractivity contribution >= 4 is 28.4 Å². The molecule has 1 saturated heterocycles. The van der Waals surface area contributed by atoms with Crippen LogP contribution in [0.25, 0.3) is 16.7 Å². The number of nitrogens with one attached hydrogen (secondary N) is 1. The number of carbonyl (C=O) groups excluding carboxylic acids is 2. The summed E-state index contributed by atoms with van der Waals surface area (Å²) in [5, 5.41) is 12.1. The van der Waals surface area contributed by atoms with Crippen molar-refractivity contribution in [3.05, 3.63) is 65.4 Å². The number of likely N-dealkylation sites (N-methyl/N-ethyl adjacent to an activating group) is 1. The van der Waals surface area contributed by atoms with Gasteiger partial charge < -0.3 is 29.4 Å². The lowest BCUT2D eigenvalue weighted by Crippen LogP contribution is -2.35. The van der Waals surface area contributed by atoms with Crippen LogP contribution >= 0.6 is 0 Å². The molecule has 8 heteroatoms. The van der Waals surface area contributed by atoms with Crippen LogP contribution in [0.3, 0.4) is 0 Å². The van der Waals surface area contributed by atoms with Gasteiger partial charge in [0.05, 0.1) is 25.8 Å². The number of benzene rings is 2. The fourth-order valence-corrected chi connectivity index (χ4v) is 4.20. The Kier molecular flexibility index (Phi) is 6.11. The third kappa shape index (κ3) is 3.93. The third-order valence-corrected chi connectivity index (χ3v) is 5.90. The Labute approximate surface area is 192 Å². The van der Waals surface area contributed by atoms with Crippen LogP contribution in [0.1, 0.15) is 17.2 Å². The number of rotatable bonds is 7. The van der Waals surface area contributed by atoms with Crippen LogP contribution in [-0.4, -0.2) is 73.0 Å². The van der Waals surface area contributed by atoms with Gasteiger partial charge in [0.2, 0.25) is 0 Å². The number of nitrogens with zero attached hydrogens (tertiary/aromatic N) is 2. The van der Waals surface area contributed by atoms with Crippen molar-refractivity contribution in [1.82, 2.24) is 14.8 Å². The number of aliphatic hydroxyl groups is 1. The molecule has 2 heterocycles. The molecule has 1 aliphatic heterocycles. The van der Waals surface area contributed by atoms with Gasteiger partial charge in [0.1, 0.15) is 5.76 Å². The molecule has 1 amide bonds. The maximum atomic E-state index is 13.2. The first-order chi connectivity index (χ1) is 15.9. The number of likely N-dealkylation sites (tertiary alicyclic amines) is 1. The topological polar surface area (TPSA) is 95.1 Å².